The summed E-state index contributed by atoms with van der Waals surface area (Å²) in [5.41, 5.74) is 3.34. The zero-order chi connectivity index (χ0) is 12.3. The van der Waals surface area contributed by atoms with Crippen molar-refractivity contribution in [1.82, 2.24) is 0 Å². The zero-order valence-electron chi connectivity index (χ0n) is 9.46. The molecule has 1 aromatic carbocycles. The molecule has 5 heteroatoms. The lowest BCUT2D eigenvalue weighted by molar-refractivity contribution is 0.481. The number of hydrogen-bond donors (Lipinski definition) is 1. The summed E-state index contributed by atoms with van der Waals surface area (Å²) in [5.74, 6) is -0.200. The third-order valence-corrected chi connectivity index (χ3v) is 3.63. The summed E-state index contributed by atoms with van der Waals surface area (Å²) in [6.45, 7) is 0.762. The molecule has 17 heavy (non-hydrogen) atoms. The molecular weight excluding hydrogens is 238 g/mol. The smallest absolute Gasteiger partial charge is 0.264 e. The summed E-state index contributed by atoms with van der Waals surface area (Å²) >= 11 is 0. The molecule has 0 spiro atoms. The van der Waals surface area contributed by atoms with Crippen LogP contribution in [0.2, 0.25) is 0 Å². The molecule has 0 atom stereocenters. The van der Waals surface area contributed by atoms with Crippen LogP contribution in [0.3, 0.4) is 0 Å². The molecule has 1 aliphatic heterocycles. The fourth-order valence-electron chi connectivity index (χ4n) is 2.05. The average Bonchev–Trinajstić information content (AvgIpc) is 2.28. The van der Waals surface area contributed by atoms with E-state index in [0.29, 0.717) is 12.8 Å². The molecule has 0 bridgehead atoms. The molecule has 0 aliphatic carbocycles. The first kappa shape index (κ1) is 12.3. The lowest BCUT2D eigenvalue weighted by Crippen LogP contribution is -2.14. The first-order valence-corrected chi connectivity index (χ1v) is 7.24. The maximum atomic E-state index is 10.6. The topological polar surface area (TPSA) is 66.7 Å². The van der Waals surface area contributed by atoms with Crippen molar-refractivity contribution in [2.24, 2.45) is 4.99 Å². The molecule has 1 N–H and O–H groups in total. The van der Waals surface area contributed by atoms with E-state index in [9.17, 15) is 8.42 Å². The van der Waals surface area contributed by atoms with Crippen molar-refractivity contribution in [2.75, 3.05) is 12.3 Å². The highest BCUT2D eigenvalue weighted by atomic mass is 32.2. The summed E-state index contributed by atoms with van der Waals surface area (Å²) in [6, 6.07) is 8.05. The van der Waals surface area contributed by atoms with Gasteiger partial charge in [0.1, 0.15) is 0 Å². The molecule has 2 rings (SSSR count). The predicted molar refractivity (Wildman–Crippen MR) is 67.2 cm³/mol. The van der Waals surface area contributed by atoms with E-state index in [4.69, 9.17) is 4.55 Å². The number of nitrogens with zero attached hydrogens (tertiary/aromatic N) is 1. The van der Waals surface area contributed by atoms with Crippen molar-refractivity contribution >= 4 is 15.8 Å². The standard InChI is InChI=1S/C12H15NO3S/c14-17(15,16)9-3-6-12-11-5-2-1-4-10(11)7-8-13-12/h1-2,4-5H,3,6-9H2,(H,14,15,16). The van der Waals surface area contributed by atoms with Crippen molar-refractivity contribution in [2.45, 2.75) is 19.3 Å². The Morgan fingerprint density at radius 2 is 2.06 bits per heavy atom. The van der Waals surface area contributed by atoms with Gasteiger partial charge < -0.3 is 0 Å². The molecule has 1 heterocycles. The summed E-state index contributed by atoms with van der Waals surface area (Å²) in [4.78, 5) is 4.43. The zero-order valence-corrected chi connectivity index (χ0v) is 10.3. The lowest BCUT2D eigenvalue weighted by atomic mass is 9.95. The van der Waals surface area contributed by atoms with E-state index >= 15 is 0 Å². The summed E-state index contributed by atoms with van der Waals surface area (Å²) in [5, 5.41) is 0. The predicted octanol–water partition coefficient (Wildman–Crippen LogP) is 1.70. The SMILES string of the molecule is O=S(=O)(O)CCCC1=NCCc2ccccc21. The second kappa shape index (κ2) is 4.98. The van der Waals surface area contributed by atoms with Gasteiger partial charge in [0.2, 0.25) is 0 Å². The summed E-state index contributed by atoms with van der Waals surface area (Å²) in [7, 11) is -3.86. The normalized spacial score (nSPS) is 15.2. The van der Waals surface area contributed by atoms with E-state index in [0.717, 1.165) is 24.2 Å². The molecule has 0 unspecified atom stereocenters. The average molecular weight is 253 g/mol. The van der Waals surface area contributed by atoms with E-state index in [1.165, 1.54) is 5.56 Å². The van der Waals surface area contributed by atoms with Crippen LogP contribution in [0, 0.1) is 0 Å². The minimum Gasteiger partial charge on any atom is -0.289 e. The van der Waals surface area contributed by atoms with Crippen LogP contribution in [0.4, 0.5) is 0 Å². The summed E-state index contributed by atoms with van der Waals surface area (Å²) < 4.78 is 29.9. The van der Waals surface area contributed by atoms with E-state index in [-0.39, 0.29) is 5.75 Å². The van der Waals surface area contributed by atoms with Gasteiger partial charge in [-0.15, -0.1) is 0 Å². The van der Waals surface area contributed by atoms with Gasteiger partial charge >= 0.3 is 0 Å². The van der Waals surface area contributed by atoms with Gasteiger partial charge in [-0.2, -0.15) is 8.42 Å². The van der Waals surface area contributed by atoms with Crippen LogP contribution in [0.5, 0.6) is 0 Å². The Labute approximate surface area is 101 Å². The van der Waals surface area contributed by atoms with E-state index in [1.54, 1.807) is 0 Å². The first-order valence-electron chi connectivity index (χ1n) is 5.63. The number of fused-ring (bicyclic) bond motifs is 1. The van der Waals surface area contributed by atoms with E-state index in [1.807, 2.05) is 18.2 Å². The van der Waals surface area contributed by atoms with Crippen molar-refractivity contribution in [3.05, 3.63) is 35.4 Å². The third-order valence-electron chi connectivity index (χ3n) is 2.83. The van der Waals surface area contributed by atoms with Crippen molar-refractivity contribution in [3.8, 4) is 0 Å². The van der Waals surface area contributed by atoms with Crippen molar-refractivity contribution < 1.29 is 13.0 Å². The minimum absolute atomic E-state index is 0.200. The van der Waals surface area contributed by atoms with Gasteiger partial charge in [-0.25, -0.2) is 0 Å². The quantitative estimate of drug-likeness (QED) is 0.830. The number of benzene rings is 1. The molecule has 1 aromatic rings. The van der Waals surface area contributed by atoms with Crippen LogP contribution in [0.1, 0.15) is 24.0 Å². The van der Waals surface area contributed by atoms with Gasteiger partial charge in [0.25, 0.3) is 10.1 Å². The molecule has 0 saturated carbocycles. The fourth-order valence-corrected chi connectivity index (χ4v) is 2.56. The fraction of sp³-hybridized carbons (Fsp3) is 0.417. The van der Waals surface area contributed by atoms with Crippen LogP contribution in [0.25, 0.3) is 0 Å². The van der Waals surface area contributed by atoms with Crippen LogP contribution in [-0.4, -0.2) is 31.0 Å². The van der Waals surface area contributed by atoms with Crippen LogP contribution in [0.15, 0.2) is 29.3 Å². The Bertz CT molecular complexity index is 534. The molecule has 0 fully saturated rings. The van der Waals surface area contributed by atoms with Gasteiger partial charge in [0, 0.05) is 12.3 Å². The van der Waals surface area contributed by atoms with Gasteiger partial charge in [0.05, 0.1) is 5.75 Å². The Morgan fingerprint density at radius 3 is 2.82 bits per heavy atom. The highest BCUT2D eigenvalue weighted by Gasteiger charge is 2.14. The van der Waals surface area contributed by atoms with E-state index in [2.05, 4.69) is 11.1 Å². The van der Waals surface area contributed by atoms with Gasteiger partial charge in [-0.1, -0.05) is 24.3 Å². The van der Waals surface area contributed by atoms with Crippen LogP contribution < -0.4 is 0 Å². The molecule has 0 saturated heterocycles. The Balaban J connectivity index is 2.05. The summed E-state index contributed by atoms with van der Waals surface area (Å²) in [6.07, 6.45) is 1.95. The molecule has 92 valence electrons. The minimum atomic E-state index is -3.86. The Morgan fingerprint density at radius 1 is 1.29 bits per heavy atom. The van der Waals surface area contributed by atoms with Gasteiger partial charge in [-0.3, -0.25) is 9.55 Å². The molecule has 0 radical (unpaired) electrons. The van der Waals surface area contributed by atoms with Gasteiger partial charge in [-0.05, 0) is 30.4 Å². The highest BCUT2D eigenvalue weighted by molar-refractivity contribution is 7.85. The lowest BCUT2D eigenvalue weighted by Gasteiger charge is -2.16. The second-order valence-electron chi connectivity index (χ2n) is 4.13. The highest BCUT2D eigenvalue weighted by Crippen LogP contribution is 2.18. The van der Waals surface area contributed by atoms with Crippen molar-refractivity contribution in [3.63, 3.8) is 0 Å². The number of rotatable bonds is 4. The van der Waals surface area contributed by atoms with Crippen LogP contribution >= 0.6 is 0 Å². The van der Waals surface area contributed by atoms with Gasteiger partial charge in [0.15, 0.2) is 0 Å². The first-order chi connectivity index (χ1) is 8.06. The van der Waals surface area contributed by atoms with Crippen molar-refractivity contribution in [1.29, 1.82) is 0 Å². The largest absolute Gasteiger partial charge is 0.289 e. The third kappa shape index (κ3) is 3.38. The van der Waals surface area contributed by atoms with E-state index < -0.39 is 10.1 Å². The molecule has 0 amide bonds. The number of hydrogen-bond acceptors (Lipinski definition) is 3. The second-order valence-corrected chi connectivity index (χ2v) is 5.70. The molecule has 4 nitrogen and oxygen atoms in total. The Kier molecular flexibility index (Phi) is 3.59. The molecule has 0 aromatic heterocycles. The Hall–Kier alpha value is -1.20. The number of aliphatic imine (C=N–C) groups is 1. The molecular formula is C12H15NO3S. The monoisotopic (exact) mass is 253 g/mol. The maximum absolute atomic E-state index is 10.6. The van der Waals surface area contributed by atoms with Crippen LogP contribution in [-0.2, 0) is 16.5 Å². The maximum Gasteiger partial charge on any atom is 0.264 e. The molecule has 1 aliphatic rings.